The molecule has 5 atom stereocenters. The Kier molecular flexibility index (Phi) is 10.1. The first-order valence-corrected chi connectivity index (χ1v) is 18.2. The maximum atomic E-state index is 14.4. The molecule has 48 heavy (non-hydrogen) atoms. The Balaban J connectivity index is 1.20. The van der Waals surface area contributed by atoms with Crippen LogP contribution < -0.4 is 5.32 Å². The van der Waals surface area contributed by atoms with Crippen molar-refractivity contribution >= 4 is 35.0 Å². The van der Waals surface area contributed by atoms with Gasteiger partial charge >= 0.3 is 0 Å². The molecule has 2 N–H and O–H groups in total. The molecular weight excluding hydrogens is 634 g/mol. The van der Waals surface area contributed by atoms with Gasteiger partial charge in [-0.25, -0.2) is 0 Å². The van der Waals surface area contributed by atoms with Crippen LogP contribution in [-0.4, -0.2) is 126 Å². The van der Waals surface area contributed by atoms with Gasteiger partial charge in [0.1, 0.15) is 10.9 Å². The number of nitrogens with one attached hydrogen (secondary N) is 1. The number of piperidine rings is 1. The highest BCUT2D eigenvalue weighted by Crippen LogP contribution is 2.54. The van der Waals surface area contributed by atoms with Crippen LogP contribution in [0.15, 0.2) is 23.9 Å². The van der Waals surface area contributed by atoms with Gasteiger partial charge in [0.15, 0.2) is 0 Å². The number of thiazole rings is 1. The largest absolute Gasteiger partial charge is 0.396 e. The number of aliphatic hydroxyl groups is 1. The molecule has 6 rings (SSSR count). The van der Waals surface area contributed by atoms with Crippen molar-refractivity contribution in [3.63, 3.8) is 0 Å². The quantitative estimate of drug-likeness (QED) is 0.339. The Hall–Kier alpha value is -2.87. The minimum atomic E-state index is -0.958. The molecule has 3 saturated heterocycles. The number of aromatic nitrogens is 1. The Morgan fingerprint density at radius 3 is 2.38 bits per heavy atom. The van der Waals surface area contributed by atoms with Crippen LogP contribution in [-0.2, 0) is 23.9 Å². The summed E-state index contributed by atoms with van der Waals surface area (Å²) in [4.78, 5) is 65.2. The van der Waals surface area contributed by atoms with Crippen LogP contribution in [0.25, 0.3) is 0 Å². The van der Waals surface area contributed by atoms with Gasteiger partial charge in [-0.2, -0.15) is 0 Å². The van der Waals surface area contributed by atoms with Crippen molar-refractivity contribution in [3.8, 4) is 0 Å². The summed E-state index contributed by atoms with van der Waals surface area (Å²) in [5, 5.41) is 13.4. The molecule has 5 aliphatic rings. The average Bonchev–Trinajstić information content (AvgIpc) is 3.43. The molecule has 12 nitrogen and oxygen atoms in total. The Morgan fingerprint density at radius 2 is 1.79 bits per heavy atom. The zero-order valence-electron chi connectivity index (χ0n) is 28.7. The predicted molar refractivity (Wildman–Crippen MR) is 179 cm³/mol. The number of hydrogen-bond acceptors (Lipinski definition) is 9. The van der Waals surface area contributed by atoms with Crippen LogP contribution in [0, 0.1) is 28.1 Å². The van der Waals surface area contributed by atoms with Gasteiger partial charge in [-0.05, 0) is 50.9 Å². The van der Waals surface area contributed by atoms with E-state index in [4.69, 9.17) is 9.47 Å². The second kappa shape index (κ2) is 13.8. The Bertz CT molecular complexity index is 1390. The van der Waals surface area contributed by atoms with Crippen LogP contribution in [0.1, 0.15) is 69.0 Å². The van der Waals surface area contributed by atoms with Gasteiger partial charge in [0.25, 0.3) is 5.91 Å². The molecule has 1 aromatic heterocycles. The van der Waals surface area contributed by atoms with Crippen LogP contribution >= 0.6 is 11.3 Å². The SMILES string of the molecule is COC1CCN(C(=O)[C@@H](NC(=O)[C@@H]2CN(C(=O)c3cncs3)CC23CN(C(=O)[C@H]2CC2(C)C)C3)[C@@H](C)OCC2(CO)CC=CCC2)CC1. The van der Waals surface area contributed by atoms with Gasteiger partial charge in [0.05, 0.1) is 43.0 Å². The van der Waals surface area contributed by atoms with Crippen LogP contribution in [0.2, 0.25) is 0 Å². The van der Waals surface area contributed by atoms with Gasteiger partial charge in [-0.1, -0.05) is 26.0 Å². The molecule has 0 bridgehead atoms. The number of allylic oxidation sites excluding steroid dienone is 2. The molecule has 13 heteroatoms. The molecule has 1 spiro atoms. The first-order chi connectivity index (χ1) is 22.9. The molecule has 264 valence electrons. The molecule has 1 unspecified atom stereocenters. The minimum Gasteiger partial charge on any atom is -0.396 e. The summed E-state index contributed by atoms with van der Waals surface area (Å²) in [6.45, 7) is 8.59. The lowest BCUT2D eigenvalue weighted by molar-refractivity contribution is -0.153. The number of hydrogen-bond donors (Lipinski definition) is 2. The number of likely N-dealkylation sites (tertiary alicyclic amines) is 3. The number of amides is 4. The Labute approximate surface area is 287 Å². The summed E-state index contributed by atoms with van der Waals surface area (Å²) in [6.07, 6.45) is 9.72. The van der Waals surface area contributed by atoms with Crippen LogP contribution in [0.4, 0.5) is 0 Å². The van der Waals surface area contributed by atoms with Gasteiger partial charge < -0.3 is 34.6 Å². The average molecular weight is 686 g/mol. The van der Waals surface area contributed by atoms with E-state index in [0.29, 0.717) is 56.9 Å². The summed E-state index contributed by atoms with van der Waals surface area (Å²) >= 11 is 1.26. The lowest BCUT2D eigenvalue weighted by Crippen LogP contribution is -2.65. The van der Waals surface area contributed by atoms with E-state index < -0.39 is 28.9 Å². The van der Waals surface area contributed by atoms with Gasteiger partial charge in [0.2, 0.25) is 17.7 Å². The zero-order valence-corrected chi connectivity index (χ0v) is 29.5. The first kappa shape index (κ1) is 35.0. The van der Waals surface area contributed by atoms with E-state index in [-0.39, 0.29) is 60.8 Å². The van der Waals surface area contributed by atoms with Crippen molar-refractivity contribution in [2.45, 2.75) is 77.5 Å². The molecule has 2 aliphatic carbocycles. The predicted octanol–water partition coefficient (Wildman–Crippen LogP) is 2.34. The third kappa shape index (κ3) is 6.93. The summed E-state index contributed by atoms with van der Waals surface area (Å²) < 4.78 is 11.9. The van der Waals surface area contributed by atoms with E-state index in [1.165, 1.54) is 11.3 Å². The van der Waals surface area contributed by atoms with Crippen molar-refractivity contribution in [1.29, 1.82) is 0 Å². The molecular formula is C35H51N5O7S. The second-order valence-electron chi connectivity index (χ2n) is 15.5. The maximum absolute atomic E-state index is 14.4. The van der Waals surface area contributed by atoms with Crippen molar-refractivity contribution in [3.05, 3.63) is 28.7 Å². The highest BCUT2D eigenvalue weighted by atomic mass is 32.1. The fraction of sp³-hybridized carbons (Fsp3) is 0.743. The summed E-state index contributed by atoms with van der Waals surface area (Å²) in [5.41, 5.74) is 0.567. The summed E-state index contributed by atoms with van der Waals surface area (Å²) in [6, 6.07) is -0.958. The van der Waals surface area contributed by atoms with E-state index in [2.05, 4.69) is 36.3 Å². The molecule has 1 aromatic rings. The minimum absolute atomic E-state index is 0.00950. The molecule has 4 fully saturated rings. The van der Waals surface area contributed by atoms with E-state index in [1.807, 2.05) is 4.90 Å². The second-order valence-corrected chi connectivity index (χ2v) is 16.4. The van der Waals surface area contributed by atoms with Crippen molar-refractivity contribution in [2.24, 2.45) is 28.1 Å². The number of aliphatic hydroxyl groups excluding tert-OH is 1. The molecule has 3 aliphatic heterocycles. The normalized spacial score (nSPS) is 29.0. The van der Waals surface area contributed by atoms with E-state index in [9.17, 15) is 24.3 Å². The van der Waals surface area contributed by atoms with E-state index in [1.54, 1.807) is 35.5 Å². The summed E-state index contributed by atoms with van der Waals surface area (Å²) in [5.74, 6) is -1.21. The number of carbonyl (C=O) groups is 4. The van der Waals surface area contributed by atoms with Gasteiger partial charge in [-0.15, -0.1) is 11.3 Å². The smallest absolute Gasteiger partial charge is 0.265 e. The third-order valence-electron chi connectivity index (χ3n) is 11.7. The molecule has 0 aromatic carbocycles. The number of methoxy groups -OCH3 is 1. The molecule has 4 amide bonds. The number of ether oxygens (including phenoxy) is 2. The number of carbonyl (C=O) groups excluding carboxylic acids is 4. The first-order valence-electron chi connectivity index (χ1n) is 17.4. The van der Waals surface area contributed by atoms with Crippen molar-refractivity contribution in [2.75, 3.05) is 59.6 Å². The standard InChI is InChI=1S/C35H51N5O7S/c1-23(47-21-34(20-41)10-6-5-7-11-34)28(32(45)38-12-8-24(46-4)9-13-38)37-29(42)26-16-39(31(44)27-15-36-22-48-27)17-35(26)18-40(19-35)30(43)25-14-33(25,2)3/h5-6,15,22-26,28,41H,7-14,16-21H2,1-4H3,(H,37,42)/t23-,25-,26+,28+,34?/m1/s1. The highest BCUT2D eigenvalue weighted by molar-refractivity contribution is 7.11. The number of rotatable bonds is 11. The molecule has 4 heterocycles. The monoisotopic (exact) mass is 685 g/mol. The molecule has 0 radical (unpaired) electrons. The van der Waals surface area contributed by atoms with Crippen LogP contribution in [0.3, 0.4) is 0 Å². The van der Waals surface area contributed by atoms with Crippen LogP contribution in [0.5, 0.6) is 0 Å². The van der Waals surface area contributed by atoms with E-state index >= 15 is 0 Å². The fourth-order valence-corrected chi connectivity index (χ4v) is 8.66. The summed E-state index contributed by atoms with van der Waals surface area (Å²) in [7, 11) is 1.68. The van der Waals surface area contributed by atoms with E-state index in [0.717, 1.165) is 19.3 Å². The van der Waals surface area contributed by atoms with Gasteiger partial charge in [-0.3, -0.25) is 24.2 Å². The number of nitrogens with zero attached hydrogens (tertiary/aromatic N) is 4. The molecule has 1 saturated carbocycles. The Morgan fingerprint density at radius 1 is 1.08 bits per heavy atom. The topological polar surface area (TPSA) is 142 Å². The zero-order chi connectivity index (χ0) is 34.3. The van der Waals surface area contributed by atoms with Crippen molar-refractivity contribution in [1.82, 2.24) is 25.0 Å². The fourth-order valence-electron chi connectivity index (χ4n) is 8.07. The lowest BCUT2D eigenvalue weighted by atomic mass is 9.70. The van der Waals surface area contributed by atoms with Crippen molar-refractivity contribution < 1.29 is 33.8 Å². The highest BCUT2D eigenvalue weighted by Gasteiger charge is 2.62. The maximum Gasteiger partial charge on any atom is 0.265 e. The van der Waals surface area contributed by atoms with Gasteiger partial charge in [0, 0.05) is 63.1 Å². The third-order valence-corrected chi connectivity index (χ3v) is 12.5. The lowest BCUT2D eigenvalue weighted by Gasteiger charge is -2.50.